The molecule has 0 amide bonds. The second kappa shape index (κ2) is 4.77. The van der Waals surface area contributed by atoms with Crippen molar-refractivity contribution in [3.63, 3.8) is 0 Å². The van der Waals surface area contributed by atoms with Crippen molar-refractivity contribution in [2.45, 2.75) is 11.3 Å². The number of hydrogen-bond donors (Lipinski definition) is 3. The molecule has 0 fully saturated rings. The first-order valence-corrected chi connectivity index (χ1v) is 6.42. The van der Waals surface area contributed by atoms with Crippen LogP contribution in [0.15, 0.2) is 11.0 Å². The number of anilines is 1. The zero-order valence-corrected chi connectivity index (χ0v) is 10.4. The molecule has 0 saturated heterocycles. The van der Waals surface area contributed by atoms with Gasteiger partial charge in [0.2, 0.25) is 0 Å². The predicted octanol–water partition coefficient (Wildman–Crippen LogP) is 1.32. The predicted molar refractivity (Wildman–Crippen MR) is 63.4 cm³/mol. The minimum Gasteiger partial charge on any atom is -0.398 e. The summed E-state index contributed by atoms with van der Waals surface area (Å²) in [5.41, 5.74) is 11.2. The van der Waals surface area contributed by atoms with Gasteiger partial charge < -0.3 is 11.5 Å². The van der Waals surface area contributed by atoms with E-state index in [0.717, 1.165) is 0 Å². The van der Waals surface area contributed by atoms with Crippen LogP contribution in [0.4, 0.5) is 5.69 Å². The average Bonchev–Trinajstić information content (AvgIpc) is 2.12. The summed E-state index contributed by atoms with van der Waals surface area (Å²) in [6.07, 6.45) is 0.178. The van der Waals surface area contributed by atoms with Gasteiger partial charge in [-0.3, -0.25) is 4.55 Å². The van der Waals surface area contributed by atoms with E-state index >= 15 is 0 Å². The lowest BCUT2D eigenvalue weighted by atomic mass is 10.1. The molecule has 90 valence electrons. The Hall–Kier alpha value is -0.530. The van der Waals surface area contributed by atoms with Crippen molar-refractivity contribution in [2.24, 2.45) is 5.73 Å². The summed E-state index contributed by atoms with van der Waals surface area (Å²) in [5, 5.41) is -0.283. The van der Waals surface area contributed by atoms with Crippen molar-refractivity contribution < 1.29 is 13.0 Å². The number of halogens is 2. The van der Waals surface area contributed by atoms with Crippen LogP contribution in [-0.2, 0) is 16.5 Å². The highest BCUT2D eigenvalue weighted by molar-refractivity contribution is 7.86. The van der Waals surface area contributed by atoms with Crippen molar-refractivity contribution in [3.8, 4) is 0 Å². The fourth-order valence-corrected chi connectivity index (χ4v) is 2.93. The fourth-order valence-electron chi connectivity index (χ4n) is 1.33. The zero-order valence-electron chi connectivity index (χ0n) is 8.07. The van der Waals surface area contributed by atoms with Gasteiger partial charge in [-0.25, -0.2) is 0 Å². The van der Waals surface area contributed by atoms with Gasteiger partial charge >= 0.3 is 0 Å². The molecule has 16 heavy (non-hydrogen) atoms. The first kappa shape index (κ1) is 13.5. The van der Waals surface area contributed by atoms with Crippen molar-refractivity contribution in [1.82, 2.24) is 0 Å². The number of nitrogen functional groups attached to an aromatic ring is 1. The van der Waals surface area contributed by atoms with E-state index in [1.807, 2.05) is 0 Å². The molecule has 0 heterocycles. The molecule has 0 radical (unpaired) electrons. The van der Waals surface area contributed by atoms with Gasteiger partial charge in [0.15, 0.2) is 0 Å². The zero-order chi connectivity index (χ0) is 12.5. The standard InChI is InChI=1S/C8H10Cl2N2O3S/c9-5-3-6(12)4(1-2-11)8(7(5)10)16(13,14)15/h3H,1-2,11-12H2,(H,13,14,15). The molecule has 0 aromatic heterocycles. The number of hydrogen-bond acceptors (Lipinski definition) is 4. The van der Waals surface area contributed by atoms with Crippen LogP contribution in [0.1, 0.15) is 5.56 Å². The third-order valence-electron chi connectivity index (χ3n) is 1.97. The lowest BCUT2D eigenvalue weighted by Gasteiger charge is -2.12. The summed E-state index contributed by atoms with van der Waals surface area (Å²) in [4.78, 5) is -0.468. The Balaban J connectivity index is 3.65. The van der Waals surface area contributed by atoms with Gasteiger partial charge in [-0.2, -0.15) is 8.42 Å². The highest BCUT2D eigenvalue weighted by atomic mass is 35.5. The molecule has 5 N–H and O–H groups in total. The maximum absolute atomic E-state index is 11.2. The maximum Gasteiger partial charge on any atom is 0.296 e. The highest BCUT2D eigenvalue weighted by Crippen LogP contribution is 2.35. The second-order valence-corrected chi connectivity index (χ2v) is 5.23. The quantitative estimate of drug-likeness (QED) is 0.573. The van der Waals surface area contributed by atoms with Crippen LogP contribution in [0.3, 0.4) is 0 Å². The first-order valence-electron chi connectivity index (χ1n) is 4.23. The molecule has 0 aliphatic rings. The van der Waals surface area contributed by atoms with Crippen LogP contribution in [0, 0.1) is 0 Å². The molecule has 0 atom stereocenters. The number of nitrogens with two attached hydrogens (primary N) is 2. The molecule has 0 unspecified atom stereocenters. The van der Waals surface area contributed by atoms with E-state index in [4.69, 9.17) is 39.2 Å². The van der Waals surface area contributed by atoms with Gasteiger partial charge in [-0.1, -0.05) is 23.2 Å². The van der Waals surface area contributed by atoms with Crippen LogP contribution in [0.25, 0.3) is 0 Å². The van der Waals surface area contributed by atoms with Crippen molar-refractivity contribution in [1.29, 1.82) is 0 Å². The Morgan fingerprint density at radius 2 is 1.94 bits per heavy atom. The molecule has 0 aliphatic carbocycles. The van der Waals surface area contributed by atoms with Gasteiger partial charge in [0.1, 0.15) is 4.90 Å². The molecular weight excluding hydrogens is 275 g/mol. The normalized spacial score (nSPS) is 11.8. The second-order valence-electron chi connectivity index (χ2n) is 3.08. The highest BCUT2D eigenvalue weighted by Gasteiger charge is 2.23. The summed E-state index contributed by atoms with van der Waals surface area (Å²) in [6, 6.07) is 1.32. The Bertz CT molecular complexity index is 517. The average molecular weight is 285 g/mol. The molecule has 1 aromatic carbocycles. The van der Waals surface area contributed by atoms with E-state index in [1.165, 1.54) is 6.07 Å². The van der Waals surface area contributed by atoms with Crippen LogP contribution < -0.4 is 11.5 Å². The molecule has 0 spiro atoms. The Labute approximate surface area is 103 Å². The summed E-state index contributed by atoms with van der Waals surface area (Å²) in [5.74, 6) is 0. The Morgan fingerprint density at radius 1 is 1.38 bits per heavy atom. The molecule has 8 heteroatoms. The Kier molecular flexibility index (Phi) is 4.03. The third kappa shape index (κ3) is 2.58. The van der Waals surface area contributed by atoms with Gasteiger partial charge in [0.05, 0.1) is 10.0 Å². The lowest BCUT2D eigenvalue weighted by Crippen LogP contribution is -2.12. The minimum absolute atomic E-state index is 0.0347. The van der Waals surface area contributed by atoms with Gasteiger partial charge in [-0.15, -0.1) is 0 Å². The molecule has 5 nitrogen and oxygen atoms in total. The van der Waals surface area contributed by atoms with Crippen LogP contribution in [0.2, 0.25) is 10.0 Å². The minimum atomic E-state index is -4.48. The van der Waals surface area contributed by atoms with E-state index in [9.17, 15) is 8.42 Å². The number of rotatable bonds is 3. The number of benzene rings is 1. The topological polar surface area (TPSA) is 106 Å². The summed E-state index contributed by atoms with van der Waals surface area (Å²) >= 11 is 11.4. The lowest BCUT2D eigenvalue weighted by molar-refractivity contribution is 0.482. The van der Waals surface area contributed by atoms with Crippen LogP contribution in [0.5, 0.6) is 0 Å². The van der Waals surface area contributed by atoms with Crippen LogP contribution >= 0.6 is 23.2 Å². The Morgan fingerprint density at radius 3 is 2.38 bits per heavy atom. The fraction of sp³-hybridized carbons (Fsp3) is 0.250. The summed E-state index contributed by atoms with van der Waals surface area (Å²) in [7, 11) is -4.48. The van der Waals surface area contributed by atoms with Gasteiger partial charge in [0, 0.05) is 5.69 Å². The van der Waals surface area contributed by atoms with E-state index in [-0.39, 0.29) is 34.3 Å². The van der Waals surface area contributed by atoms with Crippen molar-refractivity contribution in [2.75, 3.05) is 12.3 Å². The third-order valence-corrected chi connectivity index (χ3v) is 3.83. The molecule has 0 aliphatic heterocycles. The van der Waals surface area contributed by atoms with E-state index in [1.54, 1.807) is 0 Å². The van der Waals surface area contributed by atoms with E-state index < -0.39 is 15.0 Å². The smallest absolute Gasteiger partial charge is 0.296 e. The first-order chi connectivity index (χ1) is 7.29. The van der Waals surface area contributed by atoms with Crippen molar-refractivity contribution >= 4 is 39.0 Å². The molecule has 0 saturated carbocycles. The van der Waals surface area contributed by atoms with Crippen molar-refractivity contribution in [3.05, 3.63) is 21.7 Å². The summed E-state index contributed by atoms with van der Waals surface area (Å²) < 4.78 is 31.4. The molecule has 1 aromatic rings. The molecule has 1 rings (SSSR count). The largest absolute Gasteiger partial charge is 0.398 e. The van der Waals surface area contributed by atoms with Crippen LogP contribution in [-0.4, -0.2) is 19.5 Å². The molecule has 0 bridgehead atoms. The summed E-state index contributed by atoms with van der Waals surface area (Å²) in [6.45, 7) is 0.171. The van der Waals surface area contributed by atoms with E-state index in [2.05, 4.69) is 0 Å². The molecular formula is C8H10Cl2N2O3S. The maximum atomic E-state index is 11.2. The van der Waals surface area contributed by atoms with E-state index in [0.29, 0.717) is 0 Å². The SMILES string of the molecule is NCCc1c(N)cc(Cl)c(Cl)c1S(=O)(=O)O. The monoisotopic (exact) mass is 284 g/mol. The van der Waals surface area contributed by atoms with Gasteiger partial charge in [0.25, 0.3) is 10.1 Å². The van der Waals surface area contributed by atoms with Gasteiger partial charge in [-0.05, 0) is 24.6 Å².